The molecule has 3 nitrogen and oxygen atoms in total. The van der Waals surface area contributed by atoms with Crippen molar-refractivity contribution in [2.75, 3.05) is 0 Å². The summed E-state index contributed by atoms with van der Waals surface area (Å²) in [7, 11) is -3.98. The van der Waals surface area contributed by atoms with Crippen LogP contribution in [0.4, 0.5) is 0 Å². The van der Waals surface area contributed by atoms with Crippen LogP contribution in [0, 0.1) is 29.1 Å². The highest BCUT2D eigenvalue weighted by atomic mass is 28.4. The zero-order valence-electron chi connectivity index (χ0n) is 32.5. The van der Waals surface area contributed by atoms with Crippen molar-refractivity contribution < 1.29 is 14.0 Å². The standard InChI is InChI=1S/C40H74O3Si2/c1-28(19-17-25-39(10,11)41)33-23-24-34-31(20-18-26-40(33,34)12)21-22-32-27-35(42-44(13,14)37(4,5)6)30(3)36(29(32)2)43-45(15,16)38(7,8)9/h21-22,28,30,33-36,41H,2,17-20,23-27H2,1,3-16H3/b31-21?,32-22-/t28-,30+,33+,34?,35+,36+,40+/m0/s1. The molecular formula is C40H74O3Si2. The van der Waals surface area contributed by atoms with Crippen molar-refractivity contribution in [3.63, 3.8) is 0 Å². The Kier molecular flexibility index (Phi) is 12.0. The van der Waals surface area contributed by atoms with E-state index < -0.39 is 22.2 Å². The van der Waals surface area contributed by atoms with Gasteiger partial charge in [-0.05, 0) is 129 Å². The summed E-state index contributed by atoms with van der Waals surface area (Å²) >= 11 is 0. The first-order valence-corrected chi connectivity index (χ1v) is 24.3. The summed E-state index contributed by atoms with van der Waals surface area (Å²) in [6.45, 7) is 39.7. The van der Waals surface area contributed by atoms with Gasteiger partial charge in [-0.1, -0.05) is 99.5 Å². The molecule has 45 heavy (non-hydrogen) atoms. The number of fused-ring (bicyclic) bond motifs is 1. The second-order valence-electron chi connectivity index (χ2n) is 19.5. The molecule has 3 fully saturated rings. The third-order valence-corrected chi connectivity index (χ3v) is 22.4. The Hall–Kier alpha value is -0.466. The van der Waals surface area contributed by atoms with Gasteiger partial charge in [-0.15, -0.1) is 0 Å². The normalized spacial score (nSPS) is 33.2. The maximum absolute atomic E-state index is 10.3. The molecule has 0 saturated heterocycles. The van der Waals surface area contributed by atoms with Gasteiger partial charge in [0.15, 0.2) is 16.6 Å². The lowest BCUT2D eigenvalue weighted by Gasteiger charge is -2.48. The van der Waals surface area contributed by atoms with Crippen molar-refractivity contribution in [3.8, 4) is 0 Å². The van der Waals surface area contributed by atoms with Gasteiger partial charge in [-0.3, -0.25) is 0 Å². The molecular weight excluding hydrogens is 585 g/mol. The van der Waals surface area contributed by atoms with Crippen molar-refractivity contribution in [2.24, 2.45) is 29.1 Å². The fraction of sp³-hybridized carbons (Fsp3) is 0.850. The second-order valence-corrected chi connectivity index (χ2v) is 29.0. The SMILES string of the molecule is C=C1/C(=C\C=C2CCC[C@@]3(C)C2CC[C@@H]3[C@@H](C)CCCC(C)(C)O)C[C@@H](O[Si](C)(C)C(C)(C)C)[C@@H](C)[C@@H]1O[Si](C)(C)C(C)(C)C. The zero-order chi connectivity index (χ0) is 34.4. The fourth-order valence-corrected chi connectivity index (χ4v) is 11.0. The molecule has 5 heteroatoms. The summed E-state index contributed by atoms with van der Waals surface area (Å²) < 4.78 is 14.4. The van der Waals surface area contributed by atoms with Crippen molar-refractivity contribution in [1.82, 2.24) is 0 Å². The van der Waals surface area contributed by atoms with E-state index in [2.05, 4.69) is 101 Å². The molecule has 0 heterocycles. The van der Waals surface area contributed by atoms with Crippen molar-refractivity contribution in [3.05, 3.63) is 35.5 Å². The van der Waals surface area contributed by atoms with Crippen LogP contribution in [0.3, 0.4) is 0 Å². The van der Waals surface area contributed by atoms with E-state index in [1.807, 2.05) is 13.8 Å². The van der Waals surface area contributed by atoms with Crippen LogP contribution in [-0.4, -0.2) is 39.6 Å². The molecule has 0 aromatic heterocycles. The third-order valence-electron chi connectivity index (χ3n) is 13.4. The van der Waals surface area contributed by atoms with Crippen LogP contribution in [0.15, 0.2) is 35.5 Å². The van der Waals surface area contributed by atoms with Crippen LogP contribution in [0.2, 0.25) is 36.3 Å². The molecule has 0 bridgehead atoms. The van der Waals surface area contributed by atoms with Gasteiger partial charge in [0.1, 0.15) is 0 Å². The summed E-state index contributed by atoms with van der Waals surface area (Å²) in [5, 5.41) is 10.6. The van der Waals surface area contributed by atoms with E-state index in [4.69, 9.17) is 15.4 Å². The van der Waals surface area contributed by atoms with Gasteiger partial charge in [0, 0.05) is 5.92 Å². The van der Waals surface area contributed by atoms with E-state index in [-0.39, 0.29) is 28.2 Å². The van der Waals surface area contributed by atoms with Gasteiger partial charge >= 0.3 is 0 Å². The maximum Gasteiger partial charge on any atom is 0.192 e. The van der Waals surface area contributed by atoms with Gasteiger partial charge in [-0.2, -0.15) is 0 Å². The molecule has 0 radical (unpaired) electrons. The first-order chi connectivity index (χ1) is 20.3. The Morgan fingerprint density at radius 2 is 1.53 bits per heavy atom. The van der Waals surface area contributed by atoms with E-state index in [0.717, 1.165) is 25.2 Å². The maximum atomic E-state index is 10.3. The quantitative estimate of drug-likeness (QED) is 0.237. The lowest BCUT2D eigenvalue weighted by Crippen LogP contribution is -2.53. The Labute approximate surface area is 282 Å². The number of allylic oxidation sites excluding steroid dienone is 3. The Balaban J connectivity index is 1.90. The smallest absolute Gasteiger partial charge is 0.192 e. The van der Waals surface area contributed by atoms with Gasteiger partial charge in [0.2, 0.25) is 0 Å². The minimum absolute atomic E-state index is 0.00343. The van der Waals surface area contributed by atoms with Crippen LogP contribution in [-0.2, 0) is 8.85 Å². The van der Waals surface area contributed by atoms with Crippen LogP contribution in [0.5, 0.6) is 0 Å². The molecule has 7 atom stereocenters. The molecule has 0 aromatic carbocycles. The average Bonchev–Trinajstić information content (AvgIpc) is 3.23. The highest BCUT2D eigenvalue weighted by molar-refractivity contribution is 6.74. The minimum Gasteiger partial charge on any atom is -0.413 e. The summed E-state index contributed by atoms with van der Waals surface area (Å²) in [4.78, 5) is 0. The van der Waals surface area contributed by atoms with Gasteiger partial charge < -0.3 is 14.0 Å². The van der Waals surface area contributed by atoms with Gasteiger partial charge in [0.05, 0.1) is 17.8 Å². The molecule has 3 rings (SSSR count). The molecule has 260 valence electrons. The Morgan fingerprint density at radius 1 is 0.956 bits per heavy atom. The summed E-state index contributed by atoms with van der Waals surface area (Å²) in [6.07, 6.45) is 15.8. The summed E-state index contributed by atoms with van der Waals surface area (Å²) in [6, 6.07) is 0. The predicted molar refractivity (Wildman–Crippen MR) is 201 cm³/mol. The molecule has 0 aliphatic heterocycles. The fourth-order valence-electron chi connectivity index (χ4n) is 8.26. The van der Waals surface area contributed by atoms with E-state index in [9.17, 15) is 5.11 Å². The van der Waals surface area contributed by atoms with Crippen molar-refractivity contribution >= 4 is 16.6 Å². The average molecular weight is 659 g/mol. The van der Waals surface area contributed by atoms with E-state index in [1.54, 1.807) is 5.57 Å². The van der Waals surface area contributed by atoms with Gasteiger partial charge in [-0.25, -0.2) is 0 Å². The first-order valence-electron chi connectivity index (χ1n) is 18.5. The van der Waals surface area contributed by atoms with Crippen LogP contribution >= 0.6 is 0 Å². The minimum atomic E-state index is -2.01. The number of hydrogen-bond donors (Lipinski definition) is 1. The molecule has 1 N–H and O–H groups in total. The van der Waals surface area contributed by atoms with Crippen LogP contribution in [0.25, 0.3) is 0 Å². The highest BCUT2D eigenvalue weighted by Gasteiger charge is 2.51. The Bertz CT molecular complexity index is 1100. The summed E-state index contributed by atoms with van der Waals surface area (Å²) in [5.41, 5.74) is 4.02. The molecule has 0 aromatic rings. The highest BCUT2D eigenvalue weighted by Crippen LogP contribution is 2.60. The van der Waals surface area contributed by atoms with Crippen molar-refractivity contribution in [2.45, 2.75) is 188 Å². The van der Waals surface area contributed by atoms with E-state index in [1.165, 1.54) is 49.7 Å². The van der Waals surface area contributed by atoms with E-state index in [0.29, 0.717) is 17.3 Å². The monoisotopic (exact) mass is 659 g/mol. The molecule has 3 aliphatic rings. The van der Waals surface area contributed by atoms with Crippen molar-refractivity contribution in [1.29, 1.82) is 0 Å². The molecule has 0 spiro atoms. The molecule has 3 aliphatic carbocycles. The molecule has 3 saturated carbocycles. The first kappa shape index (κ1) is 39.0. The number of rotatable bonds is 10. The van der Waals surface area contributed by atoms with E-state index >= 15 is 0 Å². The lowest BCUT2D eigenvalue weighted by atomic mass is 9.60. The second kappa shape index (κ2) is 13.8. The zero-order valence-corrected chi connectivity index (χ0v) is 34.5. The third kappa shape index (κ3) is 8.96. The molecule has 1 unspecified atom stereocenters. The number of aliphatic hydroxyl groups is 1. The van der Waals surface area contributed by atoms with Crippen LogP contribution in [0.1, 0.15) is 134 Å². The molecule has 0 amide bonds. The predicted octanol–water partition coefficient (Wildman–Crippen LogP) is 12.0. The topological polar surface area (TPSA) is 38.7 Å². The largest absolute Gasteiger partial charge is 0.413 e. The summed E-state index contributed by atoms with van der Waals surface area (Å²) in [5.74, 6) is 2.44. The number of hydrogen-bond acceptors (Lipinski definition) is 3. The van der Waals surface area contributed by atoms with Crippen LogP contribution < -0.4 is 0 Å². The lowest BCUT2D eigenvalue weighted by molar-refractivity contribution is 0.0406. The van der Waals surface area contributed by atoms with Gasteiger partial charge in [0.25, 0.3) is 0 Å². The Morgan fingerprint density at radius 3 is 2.09 bits per heavy atom.